The van der Waals surface area contributed by atoms with E-state index in [-0.39, 0.29) is 11.3 Å². The standard InChI is InChI=1S/C19H22N4O/c1-12-16(20)8-15(10-21-12)23-18(24)14-6-4-5-13(7-14)17-9-19(2,3)11-22-17/h4-10,22H,11,20H2,1-3H3,(H,23,24). The summed E-state index contributed by atoms with van der Waals surface area (Å²) in [4.78, 5) is 16.6. The lowest BCUT2D eigenvalue weighted by atomic mass is 9.95. The van der Waals surface area contributed by atoms with Crippen molar-refractivity contribution in [2.45, 2.75) is 20.8 Å². The van der Waals surface area contributed by atoms with Crippen LogP contribution in [-0.2, 0) is 0 Å². The highest BCUT2D eigenvalue weighted by atomic mass is 16.1. The predicted octanol–water partition coefficient (Wildman–Crippen LogP) is 3.19. The zero-order valence-electron chi connectivity index (χ0n) is 14.2. The maximum Gasteiger partial charge on any atom is 0.255 e. The molecule has 0 unspecified atom stereocenters. The largest absolute Gasteiger partial charge is 0.397 e. The Morgan fingerprint density at radius 1 is 1.33 bits per heavy atom. The summed E-state index contributed by atoms with van der Waals surface area (Å²) in [7, 11) is 0. The molecule has 0 spiro atoms. The number of hydrogen-bond acceptors (Lipinski definition) is 4. The number of amides is 1. The second-order valence-electron chi connectivity index (χ2n) is 6.83. The molecule has 0 radical (unpaired) electrons. The molecule has 1 aliphatic rings. The Balaban J connectivity index is 1.81. The Labute approximate surface area is 142 Å². The fourth-order valence-corrected chi connectivity index (χ4v) is 2.65. The van der Waals surface area contributed by atoms with Gasteiger partial charge < -0.3 is 16.4 Å². The molecule has 5 heteroatoms. The molecule has 2 aromatic rings. The van der Waals surface area contributed by atoms with Crippen LogP contribution < -0.4 is 16.4 Å². The van der Waals surface area contributed by atoms with E-state index in [0.29, 0.717) is 16.9 Å². The number of aryl methyl sites for hydroxylation is 1. The van der Waals surface area contributed by atoms with Crippen molar-refractivity contribution in [3.8, 4) is 0 Å². The van der Waals surface area contributed by atoms with Crippen LogP contribution in [-0.4, -0.2) is 17.4 Å². The average Bonchev–Trinajstić information content (AvgIpc) is 2.91. The SMILES string of the molecule is Cc1ncc(NC(=O)c2cccc(C3=CC(C)(C)CN3)c2)cc1N. The first-order chi connectivity index (χ1) is 11.3. The second-order valence-corrected chi connectivity index (χ2v) is 6.83. The van der Waals surface area contributed by atoms with Crippen LogP contribution in [0.5, 0.6) is 0 Å². The molecular formula is C19H22N4O. The Hall–Kier alpha value is -2.82. The van der Waals surface area contributed by atoms with Crippen LogP contribution in [0.1, 0.15) is 35.5 Å². The van der Waals surface area contributed by atoms with Gasteiger partial charge in [0.15, 0.2) is 0 Å². The predicted molar refractivity (Wildman–Crippen MR) is 97.5 cm³/mol. The lowest BCUT2D eigenvalue weighted by Gasteiger charge is -2.11. The quantitative estimate of drug-likeness (QED) is 0.811. The molecule has 0 saturated carbocycles. The number of nitrogen functional groups attached to an aromatic ring is 1. The molecule has 124 valence electrons. The van der Waals surface area contributed by atoms with E-state index < -0.39 is 0 Å². The average molecular weight is 322 g/mol. The highest BCUT2D eigenvalue weighted by molar-refractivity contribution is 6.04. The maximum absolute atomic E-state index is 12.5. The van der Waals surface area contributed by atoms with Crippen LogP contribution in [0.25, 0.3) is 5.70 Å². The van der Waals surface area contributed by atoms with Gasteiger partial charge in [0.25, 0.3) is 5.91 Å². The molecule has 1 amide bonds. The summed E-state index contributed by atoms with van der Waals surface area (Å²) in [6.07, 6.45) is 3.81. The van der Waals surface area contributed by atoms with Crippen molar-refractivity contribution >= 4 is 23.0 Å². The highest BCUT2D eigenvalue weighted by Gasteiger charge is 2.23. The molecule has 2 heterocycles. The highest BCUT2D eigenvalue weighted by Crippen LogP contribution is 2.29. The number of nitrogens with zero attached hydrogens (tertiary/aromatic N) is 1. The lowest BCUT2D eigenvalue weighted by Crippen LogP contribution is -2.17. The van der Waals surface area contributed by atoms with Crippen molar-refractivity contribution in [1.82, 2.24) is 10.3 Å². The summed E-state index contributed by atoms with van der Waals surface area (Å²) < 4.78 is 0. The molecule has 5 nitrogen and oxygen atoms in total. The van der Waals surface area contributed by atoms with Gasteiger partial charge in [-0.15, -0.1) is 0 Å². The van der Waals surface area contributed by atoms with E-state index in [4.69, 9.17) is 5.73 Å². The number of carbonyl (C=O) groups excluding carboxylic acids is 1. The van der Waals surface area contributed by atoms with Crippen LogP contribution in [0.4, 0.5) is 11.4 Å². The minimum atomic E-state index is -0.181. The minimum absolute atomic E-state index is 0.124. The first-order valence-electron chi connectivity index (χ1n) is 7.95. The number of rotatable bonds is 3. The molecule has 1 aromatic heterocycles. The third kappa shape index (κ3) is 3.40. The van der Waals surface area contributed by atoms with E-state index in [1.807, 2.05) is 25.1 Å². The number of hydrogen-bond donors (Lipinski definition) is 3. The second kappa shape index (κ2) is 6.00. The smallest absolute Gasteiger partial charge is 0.255 e. The minimum Gasteiger partial charge on any atom is -0.397 e. The number of anilines is 2. The lowest BCUT2D eigenvalue weighted by molar-refractivity contribution is 0.102. The summed E-state index contributed by atoms with van der Waals surface area (Å²) in [6.45, 7) is 7.08. The molecule has 0 aliphatic carbocycles. The number of aromatic nitrogens is 1. The molecule has 1 aromatic carbocycles. The molecule has 0 saturated heterocycles. The van der Waals surface area contributed by atoms with E-state index in [1.165, 1.54) is 0 Å². The van der Waals surface area contributed by atoms with Crippen molar-refractivity contribution in [3.63, 3.8) is 0 Å². The number of pyridine rings is 1. The van der Waals surface area contributed by atoms with Gasteiger partial charge in [-0.2, -0.15) is 0 Å². The Bertz CT molecular complexity index is 824. The third-order valence-corrected chi connectivity index (χ3v) is 4.09. The van der Waals surface area contributed by atoms with Gasteiger partial charge in [-0.25, -0.2) is 0 Å². The van der Waals surface area contributed by atoms with Gasteiger partial charge in [0.2, 0.25) is 0 Å². The summed E-state index contributed by atoms with van der Waals surface area (Å²) in [5, 5.41) is 6.23. The first kappa shape index (κ1) is 16.1. The van der Waals surface area contributed by atoms with E-state index in [1.54, 1.807) is 18.3 Å². The fraction of sp³-hybridized carbons (Fsp3) is 0.263. The van der Waals surface area contributed by atoms with Crippen LogP contribution in [0.3, 0.4) is 0 Å². The summed E-state index contributed by atoms with van der Waals surface area (Å²) in [5.41, 5.74) is 10.5. The fourth-order valence-electron chi connectivity index (χ4n) is 2.65. The van der Waals surface area contributed by atoms with E-state index in [9.17, 15) is 4.79 Å². The summed E-state index contributed by atoms with van der Waals surface area (Å²) >= 11 is 0. The zero-order chi connectivity index (χ0) is 17.3. The van der Waals surface area contributed by atoms with Gasteiger partial charge >= 0.3 is 0 Å². The number of benzene rings is 1. The van der Waals surface area contributed by atoms with Gasteiger partial charge in [0, 0.05) is 23.2 Å². The van der Waals surface area contributed by atoms with Gasteiger partial charge in [-0.3, -0.25) is 9.78 Å². The molecule has 0 bridgehead atoms. The van der Waals surface area contributed by atoms with Crippen molar-refractivity contribution in [1.29, 1.82) is 0 Å². The number of carbonyl (C=O) groups is 1. The number of nitrogens with two attached hydrogens (primary N) is 1. The molecule has 24 heavy (non-hydrogen) atoms. The summed E-state index contributed by atoms with van der Waals surface area (Å²) in [5.74, 6) is -0.181. The van der Waals surface area contributed by atoms with Crippen molar-refractivity contribution in [2.75, 3.05) is 17.6 Å². The van der Waals surface area contributed by atoms with Crippen molar-refractivity contribution in [2.24, 2.45) is 5.41 Å². The van der Waals surface area contributed by atoms with Gasteiger partial charge in [-0.1, -0.05) is 32.1 Å². The van der Waals surface area contributed by atoms with Crippen LogP contribution in [0, 0.1) is 12.3 Å². The molecular weight excluding hydrogens is 300 g/mol. The molecule has 0 atom stereocenters. The van der Waals surface area contributed by atoms with Crippen LogP contribution in [0.15, 0.2) is 42.6 Å². The summed E-state index contributed by atoms with van der Waals surface area (Å²) in [6, 6.07) is 9.29. The topological polar surface area (TPSA) is 80.0 Å². The molecule has 0 fully saturated rings. The zero-order valence-corrected chi connectivity index (χ0v) is 14.2. The van der Waals surface area contributed by atoms with Crippen molar-refractivity contribution in [3.05, 3.63) is 59.4 Å². The Morgan fingerprint density at radius 3 is 2.79 bits per heavy atom. The molecule has 3 rings (SSSR count). The van der Waals surface area contributed by atoms with Gasteiger partial charge in [0.1, 0.15) is 0 Å². The Morgan fingerprint density at radius 2 is 2.12 bits per heavy atom. The maximum atomic E-state index is 12.5. The van der Waals surface area contributed by atoms with Crippen molar-refractivity contribution < 1.29 is 4.79 Å². The van der Waals surface area contributed by atoms with E-state index in [2.05, 4.69) is 35.5 Å². The normalized spacial score (nSPS) is 15.5. The van der Waals surface area contributed by atoms with Gasteiger partial charge in [-0.05, 0) is 30.7 Å². The van der Waals surface area contributed by atoms with Crippen LogP contribution >= 0.6 is 0 Å². The van der Waals surface area contributed by atoms with E-state index >= 15 is 0 Å². The first-order valence-corrected chi connectivity index (χ1v) is 7.95. The van der Waals surface area contributed by atoms with E-state index in [0.717, 1.165) is 23.5 Å². The Kier molecular flexibility index (Phi) is 4.01. The monoisotopic (exact) mass is 322 g/mol. The molecule has 1 aliphatic heterocycles. The van der Waals surface area contributed by atoms with Gasteiger partial charge in [0.05, 0.1) is 23.3 Å². The third-order valence-electron chi connectivity index (χ3n) is 4.09. The molecule has 4 N–H and O–H groups in total. The van der Waals surface area contributed by atoms with Crippen LogP contribution in [0.2, 0.25) is 0 Å². The number of nitrogens with one attached hydrogen (secondary N) is 2.